The highest BCUT2D eigenvalue weighted by atomic mass is 31.2. The molecule has 5 atom stereocenters. The van der Waals surface area contributed by atoms with Crippen molar-refractivity contribution in [2.45, 2.75) is 44.6 Å². The van der Waals surface area contributed by atoms with Crippen molar-refractivity contribution in [3.05, 3.63) is 35.9 Å². The van der Waals surface area contributed by atoms with Crippen LogP contribution >= 0.6 is 7.60 Å². The minimum Gasteiger partial charge on any atom is -0.308 e. The Balaban J connectivity index is 1.92. The summed E-state index contributed by atoms with van der Waals surface area (Å²) in [6.07, 6.45) is 0.628. The highest BCUT2D eigenvalue weighted by Gasteiger charge is 2.69. The van der Waals surface area contributed by atoms with E-state index in [2.05, 4.69) is 19.2 Å². The standard InChI is InChI=1S/C15H22NO3P/c1-4-18-20(17)15(10-11(15)2)16-12(3)14(19-20)13-8-6-5-7-9-13/h5-9,11-12,14,16H,4,10H2,1-3H3/t11-,12-,14-,15-,20?/m0/s1. The first-order valence-corrected chi connectivity index (χ1v) is 8.82. The van der Waals surface area contributed by atoms with Gasteiger partial charge in [-0.1, -0.05) is 37.3 Å². The molecule has 1 aromatic rings. The van der Waals surface area contributed by atoms with Crippen LogP contribution in [-0.2, 0) is 13.6 Å². The van der Waals surface area contributed by atoms with Crippen LogP contribution < -0.4 is 5.32 Å². The van der Waals surface area contributed by atoms with Crippen molar-refractivity contribution in [2.75, 3.05) is 6.61 Å². The maximum absolute atomic E-state index is 13.2. The van der Waals surface area contributed by atoms with Crippen molar-refractivity contribution in [3.63, 3.8) is 0 Å². The monoisotopic (exact) mass is 295 g/mol. The van der Waals surface area contributed by atoms with Gasteiger partial charge in [-0.05, 0) is 31.7 Å². The lowest BCUT2D eigenvalue weighted by molar-refractivity contribution is 0.0803. The number of hydrogen-bond donors (Lipinski definition) is 1. The third-order valence-corrected chi connectivity index (χ3v) is 7.21. The normalized spacial score (nSPS) is 43.6. The summed E-state index contributed by atoms with van der Waals surface area (Å²) >= 11 is 0. The summed E-state index contributed by atoms with van der Waals surface area (Å²) in [5.41, 5.74) is 1.04. The van der Waals surface area contributed by atoms with Gasteiger partial charge in [0.1, 0.15) is 11.4 Å². The molecule has 3 rings (SSSR count). The highest BCUT2D eigenvalue weighted by Crippen LogP contribution is 2.75. The predicted octanol–water partition coefficient (Wildman–Crippen LogP) is 3.70. The molecule has 0 bridgehead atoms. The molecule has 1 spiro atoms. The molecule has 5 heteroatoms. The first-order valence-electron chi connectivity index (χ1n) is 7.28. The van der Waals surface area contributed by atoms with Gasteiger partial charge in [-0.3, -0.25) is 14.4 Å². The molecule has 2 aliphatic rings. The van der Waals surface area contributed by atoms with Gasteiger partial charge in [0, 0.05) is 6.04 Å². The molecule has 2 fully saturated rings. The van der Waals surface area contributed by atoms with Crippen LogP contribution in [0, 0.1) is 5.92 Å². The van der Waals surface area contributed by atoms with E-state index in [0.29, 0.717) is 12.5 Å². The van der Waals surface area contributed by atoms with E-state index >= 15 is 0 Å². The molecule has 1 saturated heterocycles. The van der Waals surface area contributed by atoms with Crippen molar-refractivity contribution >= 4 is 7.60 Å². The van der Waals surface area contributed by atoms with E-state index in [1.807, 2.05) is 37.3 Å². The zero-order valence-electron chi connectivity index (χ0n) is 12.2. The maximum Gasteiger partial charge on any atom is 0.351 e. The minimum absolute atomic E-state index is 0.116. The molecular weight excluding hydrogens is 273 g/mol. The number of benzene rings is 1. The first kappa shape index (κ1) is 14.3. The Morgan fingerprint density at radius 2 is 2.05 bits per heavy atom. The second-order valence-corrected chi connectivity index (χ2v) is 8.08. The van der Waals surface area contributed by atoms with Crippen LogP contribution in [0.2, 0.25) is 0 Å². The maximum atomic E-state index is 13.2. The van der Waals surface area contributed by atoms with Crippen LogP contribution in [0.3, 0.4) is 0 Å². The summed E-state index contributed by atoms with van der Waals surface area (Å²) in [6.45, 7) is 6.44. The van der Waals surface area contributed by atoms with E-state index in [1.54, 1.807) is 0 Å². The lowest BCUT2D eigenvalue weighted by Gasteiger charge is -2.41. The topological polar surface area (TPSA) is 47.6 Å². The van der Waals surface area contributed by atoms with Gasteiger partial charge >= 0.3 is 7.60 Å². The zero-order valence-corrected chi connectivity index (χ0v) is 13.1. The summed E-state index contributed by atoms with van der Waals surface area (Å²) in [4.78, 5) is 0. The van der Waals surface area contributed by atoms with Gasteiger partial charge < -0.3 is 4.52 Å². The second kappa shape index (κ2) is 4.96. The fourth-order valence-electron chi connectivity index (χ4n) is 3.18. The molecule has 4 nitrogen and oxygen atoms in total. The molecule has 1 aliphatic carbocycles. The molecule has 0 amide bonds. The van der Waals surface area contributed by atoms with Crippen LogP contribution in [0.15, 0.2) is 30.3 Å². The van der Waals surface area contributed by atoms with Gasteiger partial charge in [0.25, 0.3) is 0 Å². The third-order valence-electron chi connectivity index (χ3n) is 4.37. The smallest absolute Gasteiger partial charge is 0.308 e. The van der Waals surface area contributed by atoms with Crippen LogP contribution in [0.1, 0.15) is 38.9 Å². The van der Waals surface area contributed by atoms with E-state index in [9.17, 15) is 4.57 Å². The van der Waals surface area contributed by atoms with E-state index in [0.717, 1.165) is 12.0 Å². The molecule has 1 aromatic carbocycles. The molecule has 0 aromatic heterocycles. The van der Waals surface area contributed by atoms with Crippen molar-refractivity contribution in [2.24, 2.45) is 5.92 Å². The SMILES string of the molecule is CCOP1(=O)O[C@H](c2ccccc2)[C@H](C)N[C@@]12C[C@@H]2C. The number of nitrogens with one attached hydrogen (secondary N) is 1. The summed E-state index contributed by atoms with van der Waals surface area (Å²) < 4.78 is 24.8. The second-order valence-electron chi connectivity index (χ2n) is 5.81. The van der Waals surface area contributed by atoms with Crippen LogP contribution in [0.25, 0.3) is 0 Å². The summed E-state index contributed by atoms with van der Waals surface area (Å²) in [5, 5.41) is 3.06. The molecular formula is C15H22NO3P. The lowest BCUT2D eigenvalue weighted by Crippen LogP contribution is -2.48. The minimum atomic E-state index is -3.13. The number of hydrogen-bond acceptors (Lipinski definition) is 4. The van der Waals surface area contributed by atoms with Gasteiger partial charge in [-0.2, -0.15) is 0 Å². The van der Waals surface area contributed by atoms with Gasteiger partial charge in [-0.15, -0.1) is 0 Å². The van der Waals surface area contributed by atoms with Gasteiger partial charge in [-0.25, -0.2) is 0 Å². The Morgan fingerprint density at radius 3 is 2.60 bits per heavy atom. The molecule has 0 radical (unpaired) electrons. The Bertz CT molecular complexity index is 535. The molecule has 1 aliphatic heterocycles. The first-order chi connectivity index (χ1) is 9.52. The van der Waals surface area contributed by atoms with Crippen molar-refractivity contribution in [1.82, 2.24) is 5.32 Å². The largest absolute Gasteiger partial charge is 0.351 e. The van der Waals surface area contributed by atoms with E-state index in [4.69, 9.17) is 9.05 Å². The number of rotatable bonds is 3. The van der Waals surface area contributed by atoms with E-state index < -0.39 is 12.9 Å². The Hall–Kier alpha value is -0.670. The fourth-order valence-corrected chi connectivity index (χ4v) is 6.00. The zero-order chi connectivity index (χ0) is 14.4. The summed E-state index contributed by atoms with van der Waals surface area (Å²) in [7, 11) is -3.13. The summed E-state index contributed by atoms with van der Waals surface area (Å²) in [5.74, 6) is 0.332. The van der Waals surface area contributed by atoms with E-state index in [1.165, 1.54) is 0 Å². The third kappa shape index (κ3) is 2.06. The molecule has 20 heavy (non-hydrogen) atoms. The van der Waals surface area contributed by atoms with Gasteiger partial charge in [0.2, 0.25) is 0 Å². The average molecular weight is 295 g/mol. The van der Waals surface area contributed by atoms with Crippen molar-refractivity contribution < 1.29 is 13.6 Å². The Labute approximate surface area is 120 Å². The molecule has 1 unspecified atom stereocenters. The fraction of sp³-hybridized carbons (Fsp3) is 0.600. The highest BCUT2D eigenvalue weighted by molar-refractivity contribution is 7.56. The quantitative estimate of drug-likeness (QED) is 0.864. The van der Waals surface area contributed by atoms with Crippen LogP contribution in [-0.4, -0.2) is 17.9 Å². The average Bonchev–Trinajstić information content (AvgIpc) is 3.07. The molecule has 1 heterocycles. The molecule has 1 saturated carbocycles. The van der Waals surface area contributed by atoms with Gasteiger partial charge in [0.05, 0.1) is 6.61 Å². The Kier molecular flexibility index (Phi) is 3.54. The van der Waals surface area contributed by atoms with Crippen LogP contribution in [0.4, 0.5) is 0 Å². The Morgan fingerprint density at radius 1 is 1.40 bits per heavy atom. The summed E-state index contributed by atoms with van der Waals surface area (Å²) in [6, 6.07) is 10.0. The van der Waals surface area contributed by atoms with Crippen molar-refractivity contribution in [3.8, 4) is 0 Å². The van der Waals surface area contributed by atoms with E-state index in [-0.39, 0.29) is 12.1 Å². The van der Waals surface area contributed by atoms with Gasteiger partial charge in [0.15, 0.2) is 0 Å². The lowest BCUT2D eigenvalue weighted by atomic mass is 10.0. The molecule has 110 valence electrons. The molecule has 1 N–H and O–H groups in total. The predicted molar refractivity (Wildman–Crippen MR) is 78.6 cm³/mol. The van der Waals surface area contributed by atoms with Crippen molar-refractivity contribution in [1.29, 1.82) is 0 Å². The van der Waals surface area contributed by atoms with Crippen LogP contribution in [0.5, 0.6) is 0 Å².